The number of hydrogen-bond acceptors (Lipinski definition) is 1. The van der Waals surface area contributed by atoms with E-state index >= 15 is 0 Å². The third-order valence-corrected chi connectivity index (χ3v) is 3.83. The van der Waals surface area contributed by atoms with E-state index in [1.54, 1.807) is 12.1 Å². The Kier molecular flexibility index (Phi) is 5.26. The molecule has 0 aromatic heterocycles. The van der Waals surface area contributed by atoms with Crippen molar-refractivity contribution in [1.82, 2.24) is 5.32 Å². The molecule has 0 bridgehead atoms. The Balaban J connectivity index is 2.09. The Hall–Kier alpha value is -1.26. The number of hydrogen-bond donors (Lipinski definition) is 1. The molecule has 1 nitrogen and oxygen atoms in total. The summed E-state index contributed by atoms with van der Waals surface area (Å²) in [5, 5.41) is 3.16. The third kappa shape index (κ3) is 3.87. The fraction of sp³-hybridized carbons (Fsp3) is 0.250. The summed E-state index contributed by atoms with van der Waals surface area (Å²) in [6.07, 6.45) is 1.22. The van der Waals surface area contributed by atoms with Crippen LogP contribution in [0.5, 0.6) is 0 Å². The van der Waals surface area contributed by atoms with Crippen molar-refractivity contribution in [2.45, 2.75) is 18.9 Å². The van der Waals surface area contributed by atoms with Crippen LogP contribution < -0.4 is 5.32 Å². The van der Waals surface area contributed by atoms with Gasteiger partial charge in [-0.1, -0.05) is 40.2 Å². The van der Waals surface area contributed by atoms with Crippen LogP contribution >= 0.6 is 15.9 Å². The van der Waals surface area contributed by atoms with Gasteiger partial charge in [-0.3, -0.25) is 0 Å². The normalized spacial score (nSPS) is 12.4. The predicted molar refractivity (Wildman–Crippen MR) is 80.8 cm³/mol. The van der Waals surface area contributed by atoms with Gasteiger partial charge in [0.15, 0.2) is 11.6 Å². The van der Waals surface area contributed by atoms with E-state index < -0.39 is 11.6 Å². The second-order valence-corrected chi connectivity index (χ2v) is 5.65. The van der Waals surface area contributed by atoms with Gasteiger partial charge in [0.05, 0.1) is 0 Å². The van der Waals surface area contributed by atoms with Gasteiger partial charge in [0, 0.05) is 10.5 Å². The summed E-state index contributed by atoms with van der Waals surface area (Å²) in [5.41, 5.74) is 1.56. The van der Waals surface area contributed by atoms with Crippen LogP contribution in [0.4, 0.5) is 8.78 Å². The lowest BCUT2D eigenvalue weighted by molar-refractivity contribution is 0.482. The van der Waals surface area contributed by atoms with Crippen molar-refractivity contribution in [3.63, 3.8) is 0 Å². The lowest BCUT2D eigenvalue weighted by Gasteiger charge is -2.17. The summed E-state index contributed by atoms with van der Waals surface area (Å²) in [6, 6.07) is 12.4. The lowest BCUT2D eigenvalue weighted by Crippen LogP contribution is -2.30. The lowest BCUT2D eigenvalue weighted by atomic mass is 9.99. The molecule has 0 amide bonds. The Morgan fingerprint density at radius 2 is 1.75 bits per heavy atom. The van der Waals surface area contributed by atoms with Gasteiger partial charge < -0.3 is 5.32 Å². The van der Waals surface area contributed by atoms with Crippen LogP contribution in [-0.2, 0) is 12.8 Å². The van der Waals surface area contributed by atoms with Crippen LogP contribution in [0.25, 0.3) is 0 Å². The van der Waals surface area contributed by atoms with Crippen LogP contribution in [0.1, 0.15) is 11.1 Å². The first-order valence-corrected chi connectivity index (χ1v) is 7.24. The zero-order valence-corrected chi connectivity index (χ0v) is 12.8. The Morgan fingerprint density at radius 3 is 2.40 bits per heavy atom. The highest BCUT2D eigenvalue weighted by Gasteiger charge is 2.13. The van der Waals surface area contributed by atoms with Crippen molar-refractivity contribution in [1.29, 1.82) is 0 Å². The molecule has 0 saturated carbocycles. The van der Waals surface area contributed by atoms with Crippen LogP contribution in [0, 0.1) is 11.6 Å². The molecule has 0 aliphatic heterocycles. The van der Waals surface area contributed by atoms with E-state index in [2.05, 4.69) is 21.2 Å². The highest BCUT2D eigenvalue weighted by Crippen LogP contribution is 2.16. The van der Waals surface area contributed by atoms with E-state index in [0.717, 1.165) is 22.5 Å². The fourth-order valence-electron chi connectivity index (χ4n) is 2.15. The van der Waals surface area contributed by atoms with Gasteiger partial charge in [0.2, 0.25) is 0 Å². The molecule has 20 heavy (non-hydrogen) atoms. The van der Waals surface area contributed by atoms with Crippen LogP contribution in [0.15, 0.2) is 46.9 Å². The first-order valence-electron chi connectivity index (χ1n) is 6.44. The van der Waals surface area contributed by atoms with Crippen molar-refractivity contribution >= 4 is 15.9 Å². The van der Waals surface area contributed by atoms with E-state index in [4.69, 9.17) is 0 Å². The second-order valence-electron chi connectivity index (χ2n) is 4.73. The topological polar surface area (TPSA) is 12.0 Å². The van der Waals surface area contributed by atoms with Gasteiger partial charge in [-0.05, 0) is 49.2 Å². The number of rotatable bonds is 5. The number of nitrogens with one attached hydrogen (secondary N) is 1. The summed E-state index contributed by atoms with van der Waals surface area (Å²) in [6.45, 7) is 0. The minimum Gasteiger partial charge on any atom is -0.316 e. The highest BCUT2D eigenvalue weighted by molar-refractivity contribution is 9.10. The highest BCUT2D eigenvalue weighted by atomic mass is 79.9. The average molecular weight is 340 g/mol. The molecule has 0 aliphatic carbocycles. The Labute approximate surface area is 126 Å². The number of halogens is 3. The maximum Gasteiger partial charge on any atom is 0.162 e. The van der Waals surface area contributed by atoms with Gasteiger partial charge in [-0.15, -0.1) is 0 Å². The van der Waals surface area contributed by atoms with Crippen molar-refractivity contribution in [2.75, 3.05) is 7.05 Å². The number of benzene rings is 2. The smallest absolute Gasteiger partial charge is 0.162 e. The van der Waals surface area contributed by atoms with Crippen molar-refractivity contribution in [3.05, 3.63) is 69.7 Å². The molecule has 0 fully saturated rings. The molecular weight excluding hydrogens is 324 g/mol. The van der Waals surface area contributed by atoms with Gasteiger partial charge in [-0.25, -0.2) is 8.78 Å². The van der Waals surface area contributed by atoms with E-state index in [1.807, 2.05) is 31.3 Å². The van der Waals surface area contributed by atoms with Crippen LogP contribution in [0.2, 0.25) is 0 Å². The van der Waals surface area contributed by atoms with Gasteiger partial charge >= 0.3 is 0 Å². The van der Waals surface area contributed by atoms with Crippen molar-refractivity contribution in [2.24, 2.45) is 0 Å². The van der Waals surface area contributed by atoms with Crippen molar-refractivity contribution in [3.8, 4) is 0 Å². The van der Waals surface area contributed by atoms with Crippen LogP contribution in [0.3, 0.4) is 0 Å². The monoisotopic (exact) mass is 339 g/mol. The average Bonchev–Trinajstić information content (AvgIpc) is 2.45. The summed E-state index contributed by atoms with van der Waals surface area (Å²) in [5.74, 6) is -1.54. The molecule has 2 aromatic carbocycles. The third-order valence-electron chi connectivity index (χ3n) is 3.30. The molecule has 0 spiro atoms. The van der Waals surface area contributed by atoms with Crippen LogP contribution in [-0.4, -0.2) is 13.1 Å². The maximum absolute atomic E-state index is 13.7. The molecule has 0 heterocycles. The first kappa shape index (κ1) is 15.1. The van der Waals surface area contributed by atoms with E-state index in [-0.39, 0.29) is 6.04 Å². The molecule has 0 saturated heterocycles. The molecule has 4 heteroatoms. The molecule has 2 rings (SSSR count). The minimum atomic E-state index is -0.791. The molecule has 1 N–H and O–H groups in total. The molecule has 0 aliphatic rings. The second kappa shape index (κ2) is 6.95. The zero-order chi connectivity index (χ0) is 14.5. The number of likely N-dealkylation sites (N-methyl/N-ethyl adjacent to an activating group) is 1. The van der Waals surface area contributed by atoms with Gasteiger partial charge in [-0.2, -0.15) is 0 Å². The summed E-state index contributed by atoms with van der Waals surface area (Å²) >= 11 is 3.39. The van der Waals surface area contributed by atoms with Gasteiger partial charge in [0.1, 0.15) is 0 Å². The molecule has 106 valence electrons. The fourth-order valence-corrected chi connectivity index (χ4v) is 2.42. The Bertz CT molecular complexity index is 569. The van der Waals surface area contributed by atoms with Gasteiger partial charge in [0.25, 0.3) is 0 Å². The molecule has 2 aromatic rings. The SMILES string of the molecule is CNC(Cc1ccc(Br)cc1)Cc1cccc(F)c1F. The van der Waals surface area contributed by atoms with E-state index in [1.165, 1.54) is 0 Å². The molecule has 1 atom stereocenters. The minimum absolute atomic E-state index is 0.0625. The predicted octanol–water partition coefficient (Wildman–Crippen LogP) is 4.10. The summed E-state index contributed by atoms with van der Waals surface area (Å²) in [7, 11) is 1.83. The standard InChI is InChI=1S/C16H16BrF2N/c1-20-14(9-11-5-7-13(17)8-6-11)10-12-3-2-4-15(18)16(12)19/h2-8,14,20H,9-10H2,1H3. The zero-order valence-electron chi connectivity index (χ0n) is 11.2. The largest absolute Gasteiger partial charge is 0.316 e. The maximum atomic E-state index is 13.7. The van der Waals surface area contributed by atoms with E-state index in [9.17, 15) is 8.78 Å². The summed E-state index contributed by atoms with van der Waals surface area (Å²) in [4.78, 5) is 0. The van der Waals surface area contributed by atoms with E-state index in [0.29, 0.717) is 12.0 Å². The molecule has 1 unspecified atom stereocenters. The molecule has 0 radical (unpaired) electrons. The molecular formula is C16H16BrF2N. The summed E-state index contributed by atoms with van der Waals surface area (Å²) < 4.78 is 27.9. The first-order chi connectivity index (χ1) is 9.60. The van der Waals surface area contributed by atoms with Crippen molar-refractivity contribution < 1.29 is 8.78 Å². The Morgan fingerprint density at radius 1 is 1.05 bits per heavy atom. The quantitative estimate of drug-likeness (QED) is 0.864.